The van der Waals surface area contributed by atoms with Gasteiger partial charge in [-0.05, 0) is 50.6 Å². The van der Waals surface area contributed by atoms with E-state index in [1.807, 2.05) is 0 Å². The number of fused-ring (bicyclic) bond motifs is 1. The summed E-state index contributed by atoms with van der Waals surface area (Å²) in [5, 5.41) is 6.62. The number of thiophene rings is 1. The molecule has 1 aliphatic carbocycles. The average Bonchev–Trinajstić information content (AvgIpc) is 2.84. The molecule has 0 saturated carbocycles. The van der Waals surface area contributed by atoms with Gasteiger partial charge in [-0.1, -0.05) is 13.8 Å². The van der Waals surface area contributed by atoms with Gasteiger partial charge in [0.2, 0.25) is 5.91 Å². The Bertz CT molecular complexity index is 568. The SMILES string of the molecule is CCCNCC(=O)Nc1sc2c(c1C(=O)OCC)CC[C@@H](C)C2. The second-order valence-corrected chi connectivity index (χ2v) is 7.11. The third-order valence-corrected chi connectivity index (χ3v) is 5.13. The predicted molar refractivity (Wildman–Crippen MR) is 93.3 cm³/mol. The lowest BCUT2D eigenvalue weighted by Crippen LogP contribution is -2.28. The fourth-order valence-electron chi connectivity index (χ4n) is 2.81. The first-order valence-electron chi connectivity index (χ1n) is 8.39. The molecule has 2 N–H and O–H groups in total. The van der Waals surface area contributed by atoms with Crippen molar-refractivity contribution in [2.75, 3.05) is 25.0 Å². The van der Waals surface area contributed by atoms with Crippen molar-refractivity contribution in [2.24, 2.45) is 5.92 Å². The van der Waals surface area contributed by atoms with Crippen LogP contribution in [0.5, 0.6) is 0 Å². The van der Waals surface area contributed by atoms with E-state index in [2.05, 4.69) is 24.5 Å². The lowest BCUT2D eigenvalue weighted by Gasteiger charge is -2.18. The summed E-state index contributed by atoms with van der Waals surface area (Å²) in [7, 11) is 0. The zero-order chi connectivity index (χ0) is 16.8. The molecule has 1 atom stereocenters. The first-order chi connectivity index (χ1) is 11.1. The van der Waals surface area contributed by atoms with Gasteiger partial charge >= 0.3 is 5.97 Å². The second kappa shape index (κ2) is 8.45. The molecule has 1 aromatic heterocycles. The van der Waals surface area contributed by atoms with Gasteiger partial charge in [-0.25, -0.2) is 4.79 Å². The minimum atomic E-state index is -0.323. The van der Waals surface area contributed by atoms with Crippen molar-refractivity contribution in [3.63, 3.8) is 0 Å². The topological polar surface area (TPSA) is 67.4 Å². The van der Waals surface area contributed by atoms with Crippen LogP contribution < -0.4 is 10.6 Å². The number of rotatable bonds is 7. The number of nitrogens with one attached hydrogen (secondary N) is 2. The van der Waals surface area contributed by atoms with Crippen LogP contribution in [0.15, 0.2) is 0 Å². The smallest absolute Gasteiger partial charge is 0.341 e. The average molecular weight is 338 g/mol. The Morgan fingerprint density at radius 3 is 2.83 bits per heavy atom. The van der Waals surface area contributed by atoms with Gasteiger partial charge in [0, 0.05) is 4.88 Å². The molecule has 0 spiro atoms. The maximum Gasteiger partial charge on any atom is 0.341 e. The van der Waals surface area contributed by atoms with Gasteiger partial charge in [0.25, 0.3) is 0 Å². The van der Waals surface area contributed by atoms with Crippen molar-refractivity contribution in [1.82, 2.24) is 5.32 Å². The zero-order valence-corrected chi connectivity index (χ0v) is 15.0. The van der Waals surface area contributed by atoms with E-state index in [1.54, 1.807) is 6.92 Å². The van der Waals surface area contributed by atoms with E-state index in [-0.39, 0.29) is 18.4 Å². The van der Waals surface area contributed by atoms with Gasteiger partial charge in [0.15, 0.2) is 0 Å². The summed E-state index contributed by atoms with van der Waals surface area (Å²) in [6, 6.07) is 0. The van der Waals surface area contributed by atoms with Gasteiger partial charge < -0.3 is 15.4 Å². The van der Waals surface area contributed by atoms with Crippen molar-refractivity contribution in [2.45, 2.75) is 46.5 Å². The molecule has 23 heavy (non-hydrogen) atoms. The molecule has 0 fully saturated rings. The Morgan fingerprint density at radius 1 is 1.35 bits per heavy atom. The van der Waals surface area contributed by atoms with Crippen molar-refractivity contribution in [3.8, 4) is 0 Å². The first-order valence-corrected chi connectivity index (χ1v) is 9.20. The maximum absolute atomic E-state index is 12.3. The van der Waals surface area contributed by atoms with E-state index in [1.165, 1.54) is 16.2 Å². The Labute approximate surface area is 141 Å². The van der Waals surface area contributed by atoms with Crippen LogP contribution in [0.2, 0.25) is 0 Å². The molecule has 5 nitrogen and oxygen atoms in total. The van der Waals surface area contributed by atoms with Gasteiger partial charge in [-0.3, -0.25) is 4.79 Å². The minimum absolute atomic E-state index is 0.115. The Morgan fingerprint density at radius 2 is 2.13 bits per heavy atom. The summed E-state index contributed by atoms with van der Waals surface area (Å²) in [6.45, 7) is 7.47. The van der Waals surface area contributed by atoms with Gasteiger partial charge in [0.05, 0.1) is 18.7 Å². The molecule has 0 unspecified atom stereocenters. The molecular formula is C17H26N2O3S. The summed E-state index contributed by atoms with van der Waals surface area (Å²) in [5.74, 6) is 0.179. The maximum atomic E-state index is 12.3. The van der Waals surface area contributed by atoms with E-state index < -0.39 is 0 Å². The largest absolute Gasteiger partial charge is 0.462 e. The summed E-state index contributed by atoms with van der Waals surface area (Å²) in [5.41, 5.74) is 1.64. The third-order valence-electron chi connectivity index (χ3n) is 3.96. The van der Waals surface area contributed by atoms with E-state index >= 15 is 0 Å². The highest BCUT2D eigenvalue weighted by atomic mass is 32.1. The highest BCUT2D eigenvalue weighted by Crippen LogP contribution is 2.40. The highest BCUT2D eigenvalue weighted by Gasteiger charge is 2.28. The molecule has 0 aromatic carbocycles. The van der Waals surface area contributed by atoms with Crippen molar-refractivity contribution < 1.29 is 14.3 Å². The Kier molecular flexibility index (Phi) is 6.59. The standard InChI is InChI=1S/C17H26N2O3S/c1-4-8-18-10-14(20)19-16-15(17(21)22-5-2)12-7-6-11(3)9-13(12)23-16/h11,18H,4-10H2,1-3H3,(H,19,20)/t11-/m1/s1. The fraction of sp³-hybridized carbons (Fsp3) is 0.647. The molecule has 6 heteroatoms. The molecule has 0 aliphatic heterocycles. The quantitative estimate of drug-likeness (QED) is 0.592. The lowest BCUT2D eigenvalue weighted by atomic mass is 9.88. The number of esters is 1. The molecule has 0 bridgehead atoms. The molecule has 2 rings (SSSR count). The molecule has 1 heterocycles. The number of anilines is 1. The number of hydrogen-bond donors (Lipinski definition) is 2. The molecule has 1 aromatic rings. The number of carbonyl (C=O) groups is 2. The number of carbonyl (C=O) groups excluding carboxylic acids is 2. The van der Waals surface area contributed by atoms with Crippen LogP contribution in [-0.2, 0) is 22.4 Å². The van der Waals surface area contributed by atoms with Gasteiger partial charge in [-0.2, -0.15) is 0 Å². The number of hydrogen-bond acceptors (Lipinski definition) is 5. The van der Waals surface area contributed by atoms with Crippen LogP contribution in [0.25, 0.3) is 0 Å². The van der Waals surface area contributed by atoms with Crippen LogP contribution in [0, 0.1) is 5.92 Å². The Balaban J connectivity index is 2.20. The predicted octanol–water partition coefficient (Wildman–Crippen LogP) is 2.99. The molecule has 1 aliphatic rings. The van der Waals surface area contributed by atoms with Crippen LogP contribution in [0.1, 0.15) is 54.4 Å². The minimum Gasteiger partial charge on any atom is -0.462 e. The number of amides is 1. The molecule has 0 radical (unpaired) electrons. The summed E-state index contributed by atoms with van der Waals surface area (Å²) < 4.78 is 5.20. The van der Waals surface area contributed by atoms with E-state index in [0.717, 1.165) is 37.8 Å². The molecule has 1 amide bonds. The number of ether oxygens (including phenoxy) is 1. The molecule has 0 saturated heterocycles. The lowest BCUT2D eigenvalue weighted by molar-refractivity contribution is -0.115. The van der Waals surface area contributed by atoms with E-state index in [0.29, 0.717) is 23.1 Å². The van der Waals surface area contributed by atoms with Crippen molar-refractivity contribution >= 4 is 28.2 Å². The van der Waals surface area contributed by atoms with Crippen molar-refractivity contribution in [3.05, 3.63) is 16.0 Å². The third kappa shape index (κ3) is 4.54. The highest BCUT2D eigenvalue weighted by molar-refractivity contribution is 7.17. The first kappa shape index (κ1) is 17.9. The van der Waals surface area contributed by atoms with Gasteiger partial charge in [0.1, 0.15) is 5.00 Å². The summed E-state index contributed by atoms with van der Waals surface area (Å²) in [6.07, 6.45) is 3.90. The van der Waals surface area contributed by atoms with Crippen LogP contribution in [0.4, 0.5) is 5.00 Å². The second-order valence-electron chi connectivity index (χ2n) is 6.00. The van der Waals surface area contributed by atoms with E-state index in [4.69, 9.17) is 4.74 Å². The van der Waals surface area contributed by atoms with Crippen LogP contribution in [-0.4, -0.2) is 31.6 Å². The zero-order valence-electron chi connectivity index (χ0n) is 14.2. The van der Waals surface area contributed by atoms with Crippen molar-refractivity contribution in [1.29, 1.82) is 0 Å². The monoisotopic (exact) mass is 338 g/mol. The fourth-order valence-corrected chi connectivity index (χ4v) is 4.22. The Hall–Kier alpha value is -1.40. The summed E-state index contributed by atoms with van der Waals surface area (Å²) in [4.78, 5) is 25.6. The molecular weight excluding hydrogens is 312 g/mol. The summed E-state index contributed by atoms with van der Waals surface area (Å²) >= 11 is 1.53. The van der Waals surface area contributed by atoms with E-state index in [9.17, 15) is 9.59 Å². The van der Waals surface area contributed by atoms with Crippen LogP contribution in [0.3, 0.4) is 0 Å². The van der Waals surface area contributed by atoms with Crippen LogP contribution >= 0.6 is 11.3 Å². The van der Waals surface area contributed by atoms with Gasteiger partial charge in [-0.15, -0.1) is 11.3 Å². The normalized spacial score (nSPS) is 16.7. The molecule has 128 valence electrons.